The number of likely N-dealkylation sites (tertiary alicyclic amines) is 1. The van der Waals surface area contributed by atoms with Crippen LogP contribution < -0.4 is 0 Å². The fraction of sp³-hybridized carbons (Fsp3) is 0.448. The minimum Gasteiger partial charge on any atom is -0.450 e. The number of pyridine rings is 1. The van der Waals surface area contributed by atoms with Gasteiger partial charge in [-0.15, -0.1) is 0 Å². The summed E-state index contributed by atoms with van der Waals surface area (Å²) in [4.78, 5) is 35.8. The number of amides is 1. The highest BCUT2D eigenvalue weighted by Crippen LogP contribution is 2.40. The summed E-state index contributed by atoms with van der Waals surface area (Å²) in [6.45, 7) is 7.82. The Kier molecular flexibility index (Phi) is 6.85. The maximum atomic E-state index is 13.5. The molecule has 0 N–H and O–H groups in total. The first-order valence-corrected chi connectivity index (χ1v) is 13.4. The summed E-state index contributed by atoms with van der Waals surface area (Å²) < 4.78 is 6.27. The van der Waals surface area contributed by atoms with E-state index in [1.165, 1.54) is 25.9 Å². The number of aromatic nitrogens is 1. The molecule has 2 fully saturated rings. The number of carbonyl (C=O) groups is 1. The molecule has 3 aliphatic rings. The SMILES string of the molecule is O=NC1CCc2cc(-c3cc(C(=O)N4CCN(CCN5CCCC5)CC4)oc3-c3ccncc3)ccc21. The molecule has 2 aromatic heterocycles. The Morgan fingerprint density at radius 3 is 2.38 bits per heavy atom. The van der Waals surface area contributed by atoms with Crippen LogP contribution in [-0.4, -0.2) is 77.9 Å². The van der Waals surface area contributed by atoms with E-state index in [0.717, 1.165) is 66.8 Å². The normalized spacial score (nSPS) is 20.3. The van der Waals surface area contributed by atoms with Crippen molar-refractivity contribution >= 4 is 5.91 Å². The summed E-state index contributed by atoms with van der Waals surface area (Å²) >= 11 is 0. The smallest absolute Gasteiger partial charge is 0.289 e. The van der Waals surface area contributed by atoms with Crippen molar-refractivity contribution in [3.8, 4) is 22.5 Å². The number of hydrogen-bond acceptors (Lipinski definition) is 7. The number of furan rings is 1. The van der Waals surface area contributed by atoms with Crippen LogP contribution in [0.3, 0.4) is 0 Å². The van der Waals surface area contributed by atoms with Gasteiger partial charge < -0.3 is 14.2 Å². The first-order valence-electron chi connectivity index (χ1n) is 13.4. The molecule has 1 aliphatic carbocycles. The highest BCUT2D eigenvalue weighted by atomic mass is 16.4. The van der Waals surface area contributed by atoms with Crippen LogP contribution in [0.4, 0.5) is 0 Å². The van der Waals surface area contributed by atoms with Gasteiger partial charge in [0.2, 0.25) is 0 Å². The number of nitroso groups, excluding NO2 is 1. The third-order valence-electron chi connectivity index (χ3n) is 8.10. The molecule has 0 bridgehead atoms. The number of aryl methyl sites for hydroxylation is 1. The summed E-state index contributed by atoms with van der Waals surface area (Å²) in [6.07, 6.45) is 7.67. The zero-order chi connectivity index (χ0) is 25.2. The Hall–Kier alpha value is -3.36. The predicted molar refractivity (Wildman–Crippen MR) is 142 cm³/mol. The van der Waals surface area contributed by atoms with Gasteiger partial charge in [-0.3, -0.25) is 14.7 Å². The third-order valence-corrected chi connectivity index (χ3v) is 8.10. The van der Waals surface area contributed by atoms with Crippen LogP contribution in [0.1, 0.15) is 47.0 Å². The number of carbonyl (C=O) groups excluding carboxylic acids is 1. The molecule has 3 aromatic rings. The van der Waals surface area contributed by atoms with Crippen molar-refractivity contribution in [2.75, 3.05) is 52.4 Å². The van der Waals surface area contributed by atoms with Crippen LogP contribution in [0, 0.1) is 4.91 Å². The van der Waals surface area contributed by atoms with Crippen LogP contribution in [0.25, 0.3) is 22.5 Å². The average molecular weight is 500 g/mol. The standard InChI is InChI=1S/C29H33N5O3/c35-29(34-17-15-33(16-18-34)14-13-32-11-1-2-12-32)27-20-25(28(37-27)21-7-9-30-10-8-21)23-3-5-24-22(19-23)4-6-26(24)31-36/h3,5,7-10,19-20,26H,1-2,4,6,11-18H2. The first-order chi connectivity index (χ1) is 18.2. The van der Waals surface area contributed by atoms with Crippen molar-refractivity contribution in [1.82, 2.24) is 19.7 Å². The van der Waals surface area contributed by atoms with Gasteiger partial charge in [0.25, 0.3) is 5.91 Å². The van der Waals surface area contributed by atoms with Crippen molar-refractivity contribution in [2.24, 2.45) is 5.18 Å². The van der Waals surface area contributed by atoms with Gasteiger partial charge in [-0.25, -0.2) is 0 Å². The van der Waals surface area contributed by atoms with E-state index in [9.17, 15) is 9.70 Å². The molecule has 2 aliphatic heterocycles. The highest BCUT2D eigenvalue weighted by molar-refractivity contribution is 5.95. The van der Waals surface area contributed by atoms with Crippen molar-refractivity contribution in [1.29, 1.82) is 0 Å². The van der Waals surface area contributed by atoms with E-state index in [0.29, 0.717) is 24.6 Å². The Morgan fingerprint density at radius 1 is 0.919 bits per heavy atom. The summed E-state index contributed by atoms with van der Waals surface area (Å²) in [5, 5.41) is 3.28. The zero-order valence-electron chi connectivity index (χ0n) is 21.1. The molecule has 6 rings (SSSR count). The van der Waals surface area contributed by atoms with E-state index in [1.807, 2.05) is 35.2 Å². The molecule has 2 saturated heterocycles. The lowest BCUT2D eigenvalue weighted by Crippen LogP contribution is -2.50. The van der Waals surface area contributed by atoms with Crippen molar-refractivity contribution < 1.29 is 9.21 Å². The minimum atomic E-state index is -0.265. The third kappa shape index (κ3) is 4.95. The van der Waals surface area contributed by atoms with Gasteiger partial charge in [-0.2, -0.15) is 4.91 Å². The Balaban J connectivity index is 1.21. The van der Waals surface area contributed by atoms with Crippen molar-refractivity contribution in [3.63, 3.8) is 0 Å². The average Bonchev–Trinajstić information content (AvgIpc) is 3.72. The number of benzene rings is 1. The predicted octanol–water partition coefficient (Wildman–Crippen LogP) is 4.62. The topological polar surface area (TPSA) is 82.3 Å². The molecular weight excluding hydrogens is 466 g/mol. The number of rotatable bonds is 7. The summed E-state index contributed by atoms with van der Waals surface area (Å²) in [6, 6.07) is 11.5. The molecule has 4 heterocycles. The van der Waals surface area contributed by atoms with Gasteiger partial charge >= 0.3 is 0 Å². The van der Waals surface area contributed by atoms with Gasteiger partial charge in [0.05, 0.1) is 0 Å². The van der Waals surface area contributed by atoms with Crippen molar-refractivity contribution in [2.45, 2.75) is 31.7 Å². The molecule has 8 heteroatoms. The molecule has 1 unspecified atom stereocenters. The van der Waals surface area contributed by atoms with Gasteiger partial charge in [0, 0.05) is 62.8 Å². The van der Waals surface area contributed by atoms with E-state index in [-0.39, 0.29) is 11.9 Å². The maximum Gasteiger partial charge on any atom is 0.289 e. The number of hydrogen-bond donors (Lipinski definition) is 0. The van der Waals surface area contributed by atoms with Crippen LogP contribution in [0.2, 0.25) is 0 Å². The molecule has 0 spiro atoms. The number of nitrogens with zero attached hydrogens (tertiary/aromatic N) is 5. The quantitative estimate of drug-likeness (QED) is 0.442. The molecule has 1 atom stereocenters. The lowest BCUT2D eigenvalue weighted by Gasteiger charge is -2.35. The Bertz CT molecular complexity index is 1260. The van der Waals surface area contributed by atoms with Gasteiger partial charge in [-0.1, -0.05) is 23.4 Å². The van der Waals surface area contributed by atoms with E-state index in [1.54, 1.807) is 12.4 Å². The van der Waals surface area contributed by atoms with Gasteiger partial charge in [0.1, 0.15) is 11.8 Å². The second-order valence-corrected chi connectivity index (χ2v) is 10.3. The van der Waals surface area contributed by atoms with Crippen LogP contribution >= 0.6 is 0 Å². The number of piperazine rings is 1. The van der Waals surface area contributed by atoms with E-state index < -0.39 is 0 Å². The molecular formula is C29H33N5O3. The largest absolute Gasteiger partial charge is 0.450 e. The van der Waals surface area contributed by atoms with Crippen LogP contribution in [-0.2, 0) is 6.42 Å². The van der Waals surface area contributed by atoms with E-state index in [4.69, 9.17) is 4.42 Å². The van der Waals surface area contributed by atoms with Crippen LogP contribution in [0.5, 0.6) is 0 Å². The number of fused-ring (bicyclic) bond motifs is 1. The molecule has 8 nitrogen and oxygen atoms in total. The zero-order valence-corrected chi connectivity index (χ0v) is 21.1. The molecule has 0 radical (unpaired) electrons. The Labute approximate surface area is 217 Å². The molecule has 192 valence electrons. The lowest BCUT2D eigenvalue weighted by atomic mass is 9.98. The second kappa shape index (κ2) is 10.6. The molecule has 1 aromatic carbocycles. The molecule has 0 saturated carbocycles. The molecule has 1 amide bonds. The van der Waals surface area contributed by atoms with Crippen LogP contribution in [0.15, 0.2) is 58.4 Å². The minimum absolute atomic E-state index is 0.0628. The monoisotopic (exact) mass is 499 g/mol. The first kappa shape index (κ1) is 24.0. The summed E-state index contributed by atoms with van der Waals surface area (Å²) in [5.41, 5.74) is 4.88. The maximum absolute atomic E-state index is 13.5. The van der Waals surface area contributed by atoms with E-state index >= 15 is 0 Å². The van der Waals surface area contributed by atoms with Gasteiger partial charge in [0.15, 0.2) is 5.76 Å². The highest BCUT2D eigenvalue weighted by Gasteiger charge is 2.28. The van der Waals surface area contributed by atoms with Gasteiger partial charge in [-0.05, 0) is 73.7 Å². The van der Waals surface area contributed by atoms with Crippen molar-refractivity contribution in [3.05, 3.63) is 70.6 Å². The Morgan fingerprint density at radius 2 is 1.65 bits per heavy atom. The summed E-state index contributed by atoms with van der Waals surface area (Å²) in [7, 11) is 0. The second-order valence-electron chi connectivity index (χ2n) is 10.3. The molecule has 37 heavy (non-hydrogen) atoms. The fourth-order valence-electron chi connectivity index (χ4n) is 5.92. The lowest BCUT2D eigenvalue weighted by molar-refractivity contribution is 0.0597. The summed E-state index contributed by atoms with van der Waals surface area (Å²) in [5.74, 6) is 0.963. The van der Waals surface area contributed by atoms with E-state index in [2.05, 4.69) is 26.0 Å². The fourth-order valence-corrected chi connectivity index (χ4v) is 5.92.